The Hall–Kier alpha value is -2.34. The van der Waals surface area contributed by atoms with Gasteiger partial charge in [0, 0.05) is 6.42 Å². The molecule has 0 heterocycles. The SMILES string of the molecule is CC(C)(C)OC[C@](C=O)(Cc1ccc(OS(=O)(=O)C(F)(F)F)cc1)NC(=O)OC(C)(C)C. The van der Waals surface area contributed by atoms with Gasteiger partial charge in [-0.25, -0.2) is 4.79 Å². The number of nitrogens with one attached hydrogen (secondary N) is 1. The second kappa shape index (κ2) is 9.65. The zero-order valence-corrected chi connectivity index (χ0v) is 19.5. The maximum atomic E-state index is 12.5. The first-order valence-electron chi connectivity index (χ1n) is 9.49. The van der Waals surface area contributed by atoms with Gasteiger partial charge in [-0.3, -0.25) is 0 Å². The summed E-state index contributed by atoms with van der Waals surface area (Å²) in [5.41, 5.74) is -8.21. The van der Waals surface area contributed by atoms with Crippen molar-refractivity contribution in [2.75, 3.05) is 6.61 Å². The van der Waals surface area contributed by atoms with E-state index in [0.717, 1.165) is 12.1 Å². The molecule has 0 bridgehead atoms. The summed E-state index contributed by atoms with van der Waals surface area (Å²) in [5.74, 6) is -0.561. The number of alkyl carbamates (subject to hydrolysis) is 1. The van der Waals surface area contributed by atoms with Crippen LogP contribution in [0.3, 0.4) is 0 Å². The molecule has 0 radical (unpaired) electrons. The summed E-state index contributed by atoms with van der Waals surface area (Å²) in [6, 6.07) is 4.55. The number of hydrogen-bond donors (Lipinski definition) is 1. The van der Waals surface area contributed by atoms with E-state index in [1.807, 2.05) is 0 Å². The lowest BCUT2D eigenvalue weighted by atomic mass is 9.92. The summed E-state index contributed by atoms with van der Waals surface area (Å²) in [4.78, 5) is 24.3. The highest BCUT2D eigenvalue weighted by Gasteiger charge is 2.48. The van der Waals surface area contributed by atoms with Crippen LogP contribution in [0.4, 0.5) is 18.0 Å². The van der Waals surface area contributed by atoms with Gasteiger partial charge in [-0.1, -0.05) is 12.1 Å². The number of ether oxygens (including phenoxy) is 2. The Kier molecular flexibility index (Phi) is 8.35. The Labute approximate surface area is 185 Å². The number of hydrogen-bond acceptors (Lipinski definition) is 7. The van der Waals surface area contributed by atoms with Gasteiger partial charge in [0.25, 0.3) is 0 Å². The van der Waals surface area contributed by atoms with Gasteiger partial charge < -0.3 is 23.8 Å². The molecule has 0 saturated heterocycles. The van der Waals surface area contributed by atoms with Gasteiger partial charge in [0.15, 0.2) is 0 Å². The van der Waals surface area contributed by atoms with Crippen molar-refractivity contribution < 1.29 is 44.8 Å². The predicted molar refractivity (Wildman–Crippen MR) is 110 cm³/mol. The summed E-state index contributed by atoms with van der Waals surface area (Å²) in [6.45, 7) is 9.98. The molecule has 0 aliphatic heterocycles. The van der Waals surface area contributed by atoms with E-state index < -0.39 is 44.2 Å². The van der Waals surface area contributed by atoms with Crippen LogP contribution in [0.2, 0.25) is 0 Å². The van der Waals surface area contributed by atoms with Gasteiger partial charge >= 0.3 is 21.7 Å². The Morgan fingerprint density at radius 3 is 1.94 bits per heavy atom. The average molecular weight is 484 g/mol. The van der Waals surface area contributed by atoms with Crippen LogP contribution in [-0.4, -0.2) is 49.7 Å². The minimum Gasteiger partial charge on any atom is -0.444 e. The zero-order valence-electron chi connectivity index (χ0n) is 18.7. The molecule has 12 heteroatoms. The van der Waals surface area contributed by atoms with E-state index in [0.29, 0.717) is 11.8 Å². The molecule has 1 amide bonds. The average Bonchev–Trinajstić information content (AvgIpc) is 2.58. The first-order valence-corrected chi connectivity index (χ1v) is 10.9. The Bertz CT molecular complexity index is 901. The third-order valence-corrected chi connectivity index (χ3v) is 4.65. The molecule has 1 rings (SSSR count). The Morgan fingerprint density at radius 2 is 1.53 bits per heavy atom. The van der Waals surface area contributed by atoms with Crippen LogP contribution >= 0.6 is 0 Å². The minimum absolute atomic E-state index is 0.113. The highest BCUT2D eigenvalue weighted by atomic mass is 32.2. The second-order valence-electron chi connectivity index (χ2n) is 9.11. The van der Waals surface area contributed by atoms with Gasteiger partial charge in [-0.2, -0.15) is 21.6 Å². The molecule has 0 fully saturated rings. The molecule has 1 aromatic rings. The minimum atomic E-state index is -5.81. The standard InChI is InChI=1S/C20H28F3NO7S/c1-17(2,3)29-13-19(12-25,24-16(26)30-18(4,5)6)11-14-7-9-15(10-8-14)31-32(27,28)20(21,22)23/h7-10,12H,11,13H2,1-6H3,(H,24,26)/t19-/m1/s1. The third kappa shape index (κ3) is 9.03. The largest absolute Gasteiger partial charge is 0.534 e. The molecule has 0 aliphatic carbocycles. The monoisotopic (exact) mass is 483 g/mol. The first-order chi connectivity index (χ1) is 14.3. The number of carbonyl (C=O) groups is 2. The highest BCUT2D eigenvalue weighted by molar-refractivity contribution is 7.88. The Morgan fingerprint density at radius 1 is 1.00 bits per heavy atom. The number of amides is 1. The fourth-order valence-electron chi connectivity index (χ4n) is 2.29. The van der Waals surface area contributed by atoms with Crippen LogP contribution in [0.5, 0.6) is 5.75 Å². The number of rotatable bonds is 8. The number of carbonyl (C=O) groups excluding carboxylic acids is 2. The van der Waals surface area contributed by atoms with Crippen molar-refractivity contribution in [3.63, 3.8) is 0 Å². The summed E-state index contributed by atoms with van der Waals surface area (Å²) < 4.78 is 74.6. The molecule has 1 atom stereocenters. The fraction of sp³-hybridized carbons (Fsp3) is 0.600. The third-order valence-electron chi connectivity index (χ3n) is 3.67. The number of halogens is 3. The number of alkyl halides is 3. The lowest BCUT2D eigenvalue weighted by Gasteiger charge is -2.33. The topological polar surface area (TPSA) is 108 Å². The zero-order chi connectivity index (χ0) is 25.0. The molecule has 0 aromatic heterocycles. The van der Waals surface area contributed by atoms with Crippen LogP contribution in [0.25, 0.3) is 0 Å². The van der Waals surface area contributed by atoms with Gasteiger partial charge in [0.1, 0.15) is 23.2 Å². The summed E-state index contributed by atoms with van der Waals surface area (Å²) >= 11 is 0. The normalized spacial score (nSPS) is 14.9. The number of benzene rings is 1. The molecule has 8 nitrogen and oxygen atoms in total. The van der Waals surface area contributed by atoms with Crippen LogP contribution < -0.4 is 9.50 Å². The van der Waals surface area contributed by atoms with Crippen LogP contribution in [0, 0.1) is 0 Å². The molecule has 1 N–H and O–H groups in total. The lowest BCUT2D eigenvalue weighted by molar-refractivity contribution is -0.119. The quantitative estimate of drug-likeness (QED) is 0.341. The van der Waals surface area contributed by atoms with E-state index in [-0.39, 0.29) is 13.0 Å². The molecule has 0 aliphatic rings. The molecular weight excluding hydrogens is 455 g/mol. The molecule has 0 unspecified atom stereocenters. The van der Waals surface area contributed by atoms with Crippen molar-refractivity contribution in [1.82, 2.24) is 5.32 Å². The van der Waals surface area contributed by atoms with Gasteiger partial charge in [0.05, 0.1) is 12.2 Å². The van der Waals surface area contributed by atoms with Gasteiger partial charge in [-0.15, -0.1) is 0 Å². The molecule has 0 saturated carbocycles. The molecule has 182 valence electrons. The van der Waals surface area contributed by atoms with Crippen molar-refractivity contribution in [2.24, 2.45) is 0 Å². The second-order valence-corrected chi connectivity index (χ2v) is 10.6. The van der Waals surface area contributed by atoms with Crippen molar-refractivity contribution in [3.05, 3.63) is 29.8 Å². The van der Waals surface area contributed by atoms with E-state index in [4.69, 9.17) is 9.47 Å². The van der Waals surface area contributed by atoms with Crippen molar-refractivity contribution >= 4 is 22.5 Å². The van der Waals surface area contributed by atoms with E-state index in [1.54, 1.807) is 41.5 Å². The highest BCUT2D eigenvalue weighted by Crippen LogP contribution is 2.27. The summed E-state index contributed by atoms with van der Waals surface area (Å²) in [5, 5.41) is 2.50. The molecular formula is C20H28F3NO7S. The predicted octanol–water partition coefficient (Wildman–Crippen LogP) is 3.74. The molecule has 0 spiro atoms. The smallest absolute Gasteiger partial charge is 0.444 e. The maximum Gasteiger partial charge on any atom is 0.534 e. The van der Waals surface area contributed by atoms with Gasteiger partial charge in [-0.05, 0) is 59.2 Å². The van der Waals surface area contributed by atoms with Crippen LogP contribution in [-0.2, 0) is 30.8 Å². The van der Waals surface area contributed by atoms with Crippen molar-refractivity contribution in [3.8, 4) is 5.75 Å². The maximum absolute atomic E-state index is 12.5. The van der Waals surface area contributed by atoms with Crippen LogP contribution in [0.1, 0.15) is 47.1 Å². The molecule has 32 heavy (non-hydrogen) atoms. The van der Waals surface area contributed by atoms with Crippen molar-refractivity contribution in [2.45, 2.75) is 70.2 Å². The molecule has 1 aromatic carbocycles. The van der Waals surface area contributed by atoms with E-state index in [2.05, 4.69) is 9.50 Å². The fourth-order valence-corrected chi connectivity index (χ4v) is 2.75. The summed E-state index contributed by atoms with van der Waals surface area (Å²) in [6.07, 6.45) is -0.488. The van der Waals surface area contributed by atoms with E-state index >= 15 is 0 Å². The summed E-state index contributed by atoms with van der Waals surface area (Å²) in [7, 11) is -5.81. The van der Waals surface area contributed by atoms with E-state index in [1.165, 1.54) is 12.1 Å². The van der Waals surface area contributed by atoms with Crippen molar-refractivity contribution in [1.29, 1.82) is 0 Å². The van der Waals surface area contributed by atoms with Crippen LogP contribution in [0.15, 0.2) is 24.3 Å². The number of aldehydes is 1. The van der Waals surface area contributed by atoms with E-state index in [9.17, 15) is 31.2 Å². The van der Waals surface area contributed by atoms with Gasteiger partial charge in [0.2, 0.25) is 0 Å². The Balaban J connectivity index is 3.13. The lowest BCUT2D eigenvalue weighted by Crippen LogP contribution is -2.56. The first kappa shape index (κ1) is 27.7.